The standard InChI is InChI=1S/C3H7N2OS2.HI/c1-4-8(5-2)3(6)7;/h1-2H3,(H,6,7);1H/q-1;. The third-order valence-corrected chi connectivity index (χ3v) is 2.00. The lowest BCUT2D eigenvalue weighted by Gasteiger charge is -1.98. The van der Waals surface area contributed by atoms with Crippen molar-refractivity contribution >= 4 is 51.5 Å². The monoisotopic (exact) mass is 279 g/mol. The summed E-state index contributed by atoms with van der Waals surface area (Å²) in [6, 6.07) is 0. The predicted octanol–water partition coefficient (Wildman–Crippen LogP) is 1.90. The molecule has 0 bridgehead atoms. The molecule has 0 saturated heterocycles. The van der Waals surface area contributed by atoms with Crippen molar-refractivity contribution < 1.29 is 4.79 Å². The first kappa shape index (κ1) is 12.4. The van der Waals surface area contributed by atoms with Crippen LogP contribution in [0.2, 0.25) is 0 Å². The molecule has 0 aliphatic heterocycles. The first-order valence-electron chi connectivity index (χ1n) is 1.89. The maximum absolute atomic E-state index is 10.3. The lowest BCUT2D eigenvalue weighted by atomic mass is 11.6. The molecular weight excluding hydrogens is 271 g/mol. The van der Waals surface area contributed by atoms with Gasteiger partial charge in [-0.15, -0.1) is 36.6 Å². The van der Waals surface area contributed by atoms with Crippen LogP contribution in [0.15, 0.2) is 8.73 Å². The molecule has 0 aromatic carbocycles. The van der Waals surface area contributed by atoms with E-state index >= 15 is 0 Å². The molecule has 0 fully saturated rings. The Bertz CT molecular complexity index is 163. The molecule has 0 spiro atoms. The summed E-state index contributed by atoms with van der Waals surface area (Å²) in [7, 11) is 2.28. The second-order valence-electron chi connectivity index (χ2n) is 0.895. The van der Waals surface area contributed by atoms with Crippen molar-refractivity contribution in [2.45, 2.75) is 0 Å². The Morgan fingerprint density at radius 1 is 1.44 bits per heavy atom. The zero-order valence-corrected chi connectivity index (χ0v) is 9.11. The third-order valence-electron chi connectivity index (χ3n) is 0.502. The van der Waals surface area contributed by atoms with E-state index in [1.54, 1.807) is 14.1 Å². The SMILES string of the molecule is CN=[S-](=NC)C(=O)S.I. The van der Waals surface area contributed by atoms with E-state index in [1.807, 2.05) is 0 Å². The van der Waals surface area contributed by atoms with Gasteiger partial charge in [0.25, 0.3) is 0 Å². The summed E-state index contributed by atoms with van der Waals surface area (Å²) in [4.78, 5) is 10.3. The highest BCUT2D eigenvalue weighted by atomic mass is 127. The van der Waals surface area contributed by atoms with Gasteiger partial charge < -0.3 is 13.5 Å². The minimum atomic E-state index is -0.815. The molecule has 3 nitrogen and oxygen atoms in total. The highest BCUT2D eigenvalue weighted by Gasteiger charge is 1.70. The zero-order valence-electron chi connectivity index (χ0n) is 5.07. The van der Waals surface area contributed by atoms with Crippen LogP contribution in [-0.4, -0.2) is 18.5 Å². The number of hydrogen-bond donors (Lipinski definition) is 1. The molecule has 0 rings (SSSR count). The largest absolute Gasteiger partial charge is 0.414 e. The molecule has 0 heterocycles. The van der Waals surface area contributed by atoms with Gasteiger partial charge >= 0.3 is 0 Å². The first-order valence-corrected chi connectivity index (χ1v) is 3.48. The topological polar surface area (TPSA) is 41.8 Å². The molecule has 0 aliphatic carbocycles. The van der Waals surface area contributed by atoms with Gasteiger partial charge in [-0.05, 0) is 14.1 Å². The molecule has 0 atom stereocenters. The quantitative estimate of drug-likeness (QED) is 0.411. The van der Waals surface area contributed by atoms with Gasteiger partial charge in [0.05, 0.1) is 0 Å². The van der Waals surface area contributed by atoms with Crippen LogP contribution in [0.5, 0.6) is 0 Å². The maximum atomic E-state index is 10.3. The van der Waals surface area contributed by atoms with Gasteiger partial charge in [-0.1, -0.05) is 0 Å². The van der Waals surface area contributed by atoms with Gasteiger partial charge in [0.1, 0.15) is 4.45 Å². The van der Waals surface area contributed by atoms with E-state index in [-0.39, 0.29) is 28.4 Å². The lowest BCUT2D eigenvalue weighted by molar-refractivity contribution is 0.276. The van der Waals surface area contributed by atoms with Gasteiger partial charge in [-0.3, -0.25) is 0 Å². The Morgan fingerprint density at radius 3 is 1.78 bits per heavy atom. The molecule has 0 radical (unpaired) electrons. The van der Waals surface area contributed by atoms with Crippen LogP contribution in [-0.2, 0) is 10.5 Å². The van der Waals surface area contributed by atoms with Crippen LogP contribution in [0.1, 0.15) is 0 Å². The minimum absolute atomic E-state index is 0. The van der Waals surface area contributed by atoms with Crippen LogP contribution >= 0.6 is 36.6 Å². The summed E-state index contributed by atoms with van der Waals surface area (Å²) >= 11 is 3.54. The average molecular weight is 279 g/mol. The molecule has 0 aromatic rings. The number of hydrogen-bond acceptors (Lipinski definition) is 4. The highest BCUT2D eigenvalue weighted by molar-refractivity contribution is 14.0. The summed E-state index contributed by atoms with van der Waals surface area (Å²) in [5.41, 5.74) is 0. The summed E-state index contributed by atoms with van der Waals surface area (Å²) in [5.74, 6) is 0. The zero-order chi connectivity index (χ0) is 6.57. The Kier molecular flexibility index (Phi) is 9.38. The van der Waals surface area contributed by atoms with Crippen molar-refractivity contribution in [3.8, 4) is 0 Å². The van der Waals surface area contributed by atoms with E-state index < -0.39 is 10.5 Å². The molecule has 6 heteroatoms. The number of carbonyl (C=O) groups is 1. The summed E-state index contributed by atoms with van der Waals surface area (Å²) in [6.07, 6.45) is 0. The van der Waals surface area contributed by atoms with Gasteiger partial charge in [-0.2, -0.15) is 0 Å². The fraction of sp³-hybridized carbons (Fsp3) is 0.667. The summed E-state index contributed by atoms with van der Waals surface area (Å²) in [6.45, 7) is 0. The maximum Gasteiger partial charge on any atom is 0.120 e. The van der Waals surface area contributed by atoms with Crippen LogP contribution < -0.4 is 0 Å². The van der Waals surface area contributed by atoms with E-state index in [0.717, 1.165) is 0 Å². The smallest absolute Gasteiger partial charge is 0.120 e. The molecular formula is C3H8IN2OS2-. The summed E-state index contributed by atoms with van der Waals surface area (Å²) < 4.78 is 7.00. The number of carbonyl (C=O) groups excluding carboxylic acids is 1. The molecule has 0 saturated carbocycles. The number of nitrogens with zero attached hydrogens (tertiary/aromatic N) is 2. The Labute approximate surface area is 78.9 Å². The number of thiol groups is 1. The molecule has 0 aliphatic rings. The molecule has 0 aromatic heterocycles. The van der Waals surface area contributed by atoms with Crippen molar-refractivity contribution in [3.63, 3.8) is 0 Å². The summed E-state index contributed by atoms with van der Waals surface area (Å²) in [5, 5.41) is 0. The number of rotatable bonds is 0. The molecule has 0 N–H and O–H groups in total. The first-order chi connectivity index (χ1) is 3.72. The van der Waals surface area contributed by atoms with E-state index in [4.69, 9.17) is 0 Å². The predicted molar refractivity (Wildman–Crippen MR) is 53.9 cm³/mol. The van der Waals surface area contributed by atoms with E-state index in [2.05, 4.69) is 21.4 Å². The van der Waals surface area contributed by atoms with Crippen molar-refractivity contribution in [1.82, 2.24) is 0 Å². The van der Waals surface area contributed by atoms with Crippen molar-refractivity contribution in [2.24, 2.45) is 8.73 Å². The second kappa shape index (κ2) is 6.81. The fourth-order valence-electron chi connectivity index (χ4n) is 0.238. The van der Waals surface area contributed by atoms with E-state index in [0.29, 0.717) is 0 Å². The lowest BCUT2D eigenvalue weighted by Crippen LogP contribution is -1.82. The van der Waals surface area contributed by atoms with E-state index in [9.17, 15) is 4.79 Å². The van der Waals surface area contributed by atoms with Crippen molar-refractivity contribution in [2.75, 3.05) is 14.1 Å². The Balaban J connectivity index is 0. The molecule has 0 amide bonds. The third kappa shape index (κ3) is 5.16. The van der Waals surface area contributed by atoms with Gasteiger partial charge in [0.15, 0.2) is 0 Å². The van der Waals surface area contributed by atoms with Crippen LogP contribution in [0.3, 0.4) is 0 Å². The Hall–Kier alpha value is 0.700. The highest BCUT2D eigenvalue weighted by Crippen LogP contribution is 1.87. The van der Waals surface area contributed by atoms with Gasteiger partial charge in [0, 0.05) is 0 Å². The minimum Gasteiger partial charge on any atom is -0.414 e. The van der Waals surface area contributed by atoms with Crippen molar-refractivity contribution in [1.29, 1.82) is 0 Å². The van der Waals surface area contributed by atoms with Gasteiger partial charge in [-0.25, -0.2) is 10.5 Å². The van der Waals surface area contributed by atoms with Crippen LogP contribution in [0.4, 0.5) is 4.79 Å². The molecule has 9 heavy (non-hydrogen) atoms. The average Bonchev–Trinajstić information content (AvgIpc) is 1.69. The van der Waals surface area contributed by atoms with E-state index in [1.165, 1.54) is 0 Å². The Morgan fingerprint density at radius 2 is 1.78 bits per heavy atom. The van der Waals surface area contributed by atoms with Crippen LogP contribution in [0, 0.1) is 0 Å². The van der Waals surface area contributed by atoms with Gasteiger partial charge in [0.2, 0.25) is 0 Å². The number of halogens is 1. The molecule has 56 valence electrons. The molecule has 0 unspecified atom stereocenters. The van der Waals surface area contributed by atoms with Crippen molar-refractivity contribution in [3.05, 3.63) is 0 Å². The van der Waals surface area contributed by atoms with Crippen LogP contribution in [0.25, 0.3) is 0 Å². The fourth-order valence-corrected chi connectivity index (χ4v) is 1.20. The normalized spacial score (nSPS) is 12.8. The second-order valence-corrected chi connectivity index (χ2v) is 3.23.